The lowest BCUT2D eigenvalue weighted by Gasteiger charge is -2.11. The molecular weight excluding hydrogens is 332 g/mol. The van der Waals surface area contributed by atoms with Crippen LogP contribution in [0.4, 0.5) is 0 Å². The number of hydrogen-bond acceptors (Lipinski definition) is 5. The Labute approximate surface area is 151 Å². The van der Waals surface area contributed by atoms with Crippen molar-refractivity contribution >= 4 is 11.8 Å². The van der Waals surface area contributed by atoms with Crippen LogP contribution in [0.2, 0.25) is 0 Å². The molecule has 128 valence electrons. The Morgan fingerprint density at radius 2 is 2.00 bits per heavy atom. The molecule has 1 aromatic carbocycles. The fraction of sp³-hybridized carbons (Fsp3) is 0.211. The van der Waals surface area contributed by atoms with E-state index in [2.05, 4.69) is 21.8 Å². The van der Waals surface area contributed by atoms with Crippen LogP contribution in [0.5, 0.6) is 5.75 Å². The number of hydrogen-bond donors (Lipinski definition) is 0. The van der Waals surface area contributed by atoms with Gasteiger partial charge in [-0.05, 0) is 50.2 Å². The zero-order chi connectivity index (χ0) is 17.6. The molecule has 0 N–H and O–H groups in total. The first-order chi connectivity index (χ1) is 12.2. The van der Waals surface area contributed by atoms with Gasteiger partial charge in [0.2, 0.25) is 0 Å². The van der Waals surface area contributed by atoms with Crippen LogP contribution < -0.4 is 4.74 Å². The second kappa shape index (κ2) is 7.98. The third-order valence-corrected chi connectivity index (χ3v) is 4.57. The summed E-state index contributed by atoms with van der Waals surface area (Å²) in [6.45, 7) is 8.59. The van der Waals surface area contributed by atoms with E-state index in [1.807, 2.05) is 54.8 Å². The second-order valence-corrected chi connectivity index (χ2v) is 6.50. The molecule has 5 nitrogen and oxygen atoms in total. The summed E-state index contributed by atoms with van der Waals surface area (Å²) in [6, 6.07) is 11.8. The molecular formula is C19H20N4OS. The van der Waals surface area contributed by atoms with Crippen LogP contribution in [0.1, 0.15) is 13.8 Å². The smallest absolute Gasteiger partial charge is 0.196 e. The standard InChI is InChI=1S/C19H20N4OS/c1-4-24-17-9-7-16(8-10-17)23-18(15-6-5-11-20-12-15)21-22-19(23)25-13-14(2)3/h5-12H,2,4,13H2,1,3H3. The largest absolute Gasteiger partial charge is 0.494 e. The van der Waals surface area contributed by atoms with Crippen LogP contribution >= 0.6 is 11.8 Å². The summed E-state index contributed by atoms with van der Waals surface area (Å²) in [4.78, 5) is 4.20. The normalized spacial score (nSPS) is 10.6. The van der Waals surface area contributed by atoms with Crippen molar-refractivity contribution in [3.8, 4) is 22.8 Å². The van der Waals surface area contributed by atoms with Crippen molar-refractivity contribution in [2.75, 3.05) is 12.4 Å². The van der Waals surface area contributed by atoms with E-state index in [-0.39, 0.29) is 0 Å². The van der Waals surface area contributed by atoms with Crippen LogP contribution in [0.15, 0.2) is 66.1 Å². The first kappa shape index (κ1) is 17.2. The Kier molecular flexibility index (Phi) is 5.50. The summed E-state index contributed by atoms with van der Waals surface area (Å²) in [7, 11) is 0. The predicted octanol–water partition coefficient (Wildman–Crippen LogP) is 4.40. The molecule has 2 heterocycles. The van der Waals surface area contributed by atoms with Gasteiger partial charge in [-0.15, -0.1) is 10.2 Å². The summed E-state index contributed by atoms with van der Waals surface area (Å²) >= 11 is 1.62. The zero-order valence-corrected chi connectivity index (χ0v) is 15.2. The van der Waals surface area contributed by atoms with Gasteiger partial charge >= 0.3 is 0 Å². The van der Waals surface area contributed by atoms with E-state index in [1.165, 1.54) is 0 Å². The number of aromatic nitrogens is 4. The number of nitrogens with zero attached hydrogens (tertiary/aromatic N) is 4. The Morgan fingerprint density at radius 3 is 2.64 bits per heavy atom. The third-order valence-electron chi connectivity index (χ3n) is 3.41. The van der Waals surface area contributed by atoms with Gasteiger partial charge in [-0.1, -0.05) is 23.9 Å². The van der Waals surface area contributed by atoms with Crippen LogP contribution in [0.25, 0.3) is 17.1 Å². The van der Waals surface area contributed by atoms with Gasteiger partial charge in [0.25, 0.3) is 0 Å². The zero-order valence-electron chi connectivity index (χ0n) is 14.3. The molecule has 0 saturated carbocycles. The van der Waals surface area contributed by atoms with Gasteiger partial charge in [-0.25, -0.2) is 0 Å². The molecule has 0 unspecified atom stereocenters. The molecule has 0 spiro atoms. The summed E-state index contributed by atoms with van der Waals surface area (Å²) < 4.78 is 7.58. The highest BCUT2D eigenvalue weighted by molar-refractivity contribution is 7.99. The van der Waals surface area contributed by atoms with E-state index in [0.717, 1.165) is 39.3 Å². The van der Waals surface area contributed by atoms with Crippen LogP contribution in [0, 0.1) is 0 Å². The summed E-state index contributed by atoms with van der Waals surface area (Å²) in [5.74, 6) is 2.40. The lowest BCUT2D eigenvalue weighted by atomic mass is 10.2. The molecule has 3 aromatic rings. The van der Waals surface area contributed by atoms with Crippen molar-refractivity contribution < 1.29 is 4.74 Å². The van der Waals surface area contributed by atoms with Crippen molar-refractivity contribution in [2.24, 2.45) is 0 Å². The minimum absolute atomic E-state index is 0.645. The predicted molar refractivity (Wildman–Crippen MR) is 101 cm³/mol. The number of benzene rings is 1. The van der Waals surface area contributed by atoms with Crippen LogP contribution in [-0.4, -0.2) is 32.1 Å². The summed E-state index contributed by atoms with van der Waals surface area (Å²) in [6.07, 6.45) is 3.54. The van der Waals surface area contributed by atoms with Gasteiger partial charge < -0.3 is 4.74 Å². The van der Waals surface area contributed by atoms with Gasteiger partial charge in [0, 0.05) is 29.4 Å². The molecule has 0 amide bonds. The topological polar surface area (TPSA) is 52.8 Å². The maximum Gasteiger partial charge on any atom is 0.196 e. The van der Waals surface area contributed by atoms with Crippen LogP contribution in [0.3, 0.4) is 0 Å². The van der Waals surface area contributed by atoms with Gasteiger partial charge in [-0.2, -0.15) is 0 Å². The Morgan fingerprint density at radius 1 is 1.20 bits per heavy atom. The number of thioether (sulfide) groups is 1. The highest BCUT2D eigenvalue weighted by Gasteiger charge is 2.16. The first-order valence-corrected chi connectivity index (χ1v) is 9.04. The van der Waals surface area contributed by atoms with E-state index in [1.54, 1.807) is 24.2 Å². The summed E-state index contributed by atoms with van der Waals surface area (Å²) in [5, 5.41) is 9.59. The number of rotatable bonds is 7. The molecule has 0 aliphatic rings. The third kappa shape index (κ3) is 4.09. The molecule has 0 aliphatic carbocycles. The Bertz CT molecular complexity index is 844. The fourth-order valence-electron chi connectivity index (χ4n) is 2.32. The van der Waals surface area contributed by atoms with E-state index in [9.17, 15) is 0 Å². The van der Waals surface area contributed by atoms with E-state index >= 15 is 0 Å². The average Bonchev–Trinajstić information content (AvgIpc) is 3.05. The van der Waals surface area contributed by atoms with Gasteiger partial charge in [-0.3, -0.25) is 9.55 Å². The van der Waals surface area contributed by atoms with Gasteiger partial charge in [0.05, 0.1) is 6.61 Å². The quantitative estimate of drug-likeness (QED) is 0.466. The van der Waals surface area contributed by atoms with E-state index in [4.69, 9.17) is 4.74 Å². The van der Waals surface area contributed by atoms with Crippen molar-refractivity contribution in [3.05, 3.63) is 60.9 Å². The molecule has 0 aliphatic heterocycles. The van der Waals surface area contributed by atoms with Gasteiger partial charge in [0.1, 0.15) is 5.75 Å². The minimum Gasteiger partial charge on any atom is -0.494 e. The SMILES string of the molecule is C=C(C)CSc1nnc(-c2cccnc2)n1-c1ccc(OCC)cc1. The maximum atomic E-state index is 5.53. The van der Waals surface area contributed by atoms with Crippen molar-refractivity contribution in [3.63, 3.8) is 0 Å². The van der Waals surface area contributed by atoms with E-state index < -0.39 is 0 Å². The average molecular weight is 352 g/mol. The Hall–Kier alpha value is -2.60. The molecule has 2 aromatic heterocycles. The minimum atomic E-state index is 0.645. The maximum absolute atomic E-state index is 5.53. The molecule has 0 fully saturated rings. The number of pyridine rings is 1. The first-order valence-electron chi connectivity index (χ1n) is 8.05. The van der Waals surface area contributed by atoms with Crippen molar-refractivity contribution in [1.82, 2.24) is 19.7 Å². The van der Waals surface area contributed by atoms with Crippen molar-refractivity contribution in [2.45, 2.75) is 19.0 Å². The molecule has 6 heteroatoms. The van der Waals surface area contributed by atoms with Crippen LogP contribution in [-0.2, 0) is 0 Å². The lowest BCUT2D eigenvalue weighted by molar-refractivity contribution is 0.340. The highest BCUT2D eigenvalue weighted by Crippen LogP contribution is 2.29. The second-order valence-electron chi connectivity index (χ2n) is 5.56. The lowest BCUT2D eigenvalue weighted by Crippen LogP contribution is -2.01. The van der Waals surface area contributed by atoms with Gasteiger partial charge in [0.15, 0.2) is 11.0 Å². The highest BCUT2D eigenvalue weighted by atomic mass is 32.2. The van der Waals surface area contributed by atoms with Crippen molar-refractivity contribution in [1.29, 1.82) is 0 Å². The monoisotopic (exact) mass is 352 g/mol. The molecule has 0 bridgehead atoms. The molecule has 0 saturated heterocycles. The summed E-state index contributed by atoms with van der Waals surface area (Å²) in [5.41, 5.74) is 3.00. The number of ether oxygens (including phenoxy) is 1. The molecule has 0 radical (unpaired) electrons. The van der Waals surface area contributed by atoms with E-state index in [0.29, 0.717) is 6.61 Å². The fourth-order valence-corrected chi connectivity index (χ4v) is 3.12. The molecule has 25 heavy (non-hydrogen) atoms. The molecule has 0 atom stereocenters. The molecule has 3 rings (SSSR count). The Balaban J connectivity index is 2.04.